The van der Waals surface area contributed by atoms with Crippen LogP contribution in [-0.4, -0.2) is 29.1 Å². The number of carbonyl (C=O) groups excluding carboxylic acids is 1. The molecule has 0 radical (unpaired) electrons. The lowest BCUT2D eigenvalue weighted by atomic mass is 9.94. The lowest BCUT2D eigenvalue weighted by Crippen LogP contribution is -2.40. The topological polar surface area (TPSA) is 51.1 Å². The predicted octanol–water partition coefficient (Wildman–Crippen LogP) is 8.28. The minimum atomic E-state index is 0.0299. The molecule has 1 aliphatic heterocycles. The van der Waals surface area contributed by atoms with Gasteiger partial charge in [0.1, 0.15) is 6.61 Å². The van der Waals surface area contributed by atoms with E-state index < -0.39 is 0 Å². The van der Waals surface area contributed by atoms with Crippen molar-refractivity contribution in [2.24, 2.45) is 4.99 Å². The molecule has 3 aromatic rings. The average Bonchev–Trinajstić information content (AvgIpc) is 3.24. The zero-order valence-corrected chi connectivity index (χ0v) is 24.1. The summed E-state index contributed by atoms with van der Waals surface area (Å²) in [4.78, 5) is 21.2. The second kappa shape index (κ2) is 12.2. The van der Waals surface area contributed by atoms with E-state index in [-0.39, 0.29) is 11.9 Å². The summed E-state index contributed by atoms with van der Waals surface area (Å²) >= 11 is 4.91. The lowest BCUT2D eigenvalue weighted by Gasteiger charge is -2.30. The molecule has 0 unspecified atom stereocenters. The number of amidine groups is 1. The van der Waals surface area contributed by atoms with Crippen LogP contribution in [0.2, 0.25) is 0 Å². The van der Waals surface area contributed by atoms with Crippen molar-refractivity contribution in [3.63, 3.8) is 0 Å². The van der Waals surface area contributed by atoms with E-state index in [4.69, 9.17) is 14.5 Å². The van der Waals surface area contributed by atoms with Gasteiger partial charge in [-0.2, -0.15) is 0 Å². The summed E-state index contributed by atoms with van der Waals surface area (Å²) in [5, 5.41) is 0.762. The molecular formula is C31H31BrN2O3S. The molecule has 1 heterocycles. The largest absolute Gasteiger partial charge is 0.493 e. The van der Waals surface area contributed by atoms with Crippen LogP contribution in [0.15, 0.2) is 81.1 Å². The smallest absolute Gasteiger partial charge is 0.267 e. The fraction of sp³-hybridized carbons (Fsp3) is 0.290. The first-order valence-electron chi connectivity index (χ1n) is 12.9. The standard InChI is InChI=1S/C31H31BrN2O3S/c1-21-8-15-25(16-9-21)33-31-34(26-6-4-3-5-7-26)30(35)29(38-31)19-23-12-17-27(28(18-23)36-2)37-20-22-10-13-24(32)14-11-22/h8-19,26H,3-7,20H2,1-2H3/b29-19+,33-31?. The van der Waals surface area contributed by atoms with Gasteiger partial charge in [-0.3, -0.25) is 9.69 Å². The molecule has 0 spiro atoms. The van der Waals surface area contributed by atoms with E-state index in [1.54, 1.807) is 7.11 Å². The van der Waals surface area contributed by atoms with Crippen molar-refractivity contribution in [2.75, 3.05) is 7.11 Å². The van der Waals surface area contributed by atoms with Crippen molar-refractivity contribution < 1.29 is 14.3 Å². The predicted molar refractivity (Wildman–Crippen MR) is 159 cm³/mol. The highest BCUT2D eigenvalue weighted by molar-refractivity contribution is 9.10. The highest BCUT2D eigenvalue weighted by atomic mass is 79.9. The van der Waals surface area contributed by atoms with Crippen LogP contribution in [0.25, 0.3) is 6.08 Å². The molecule has 5 nitrogen and oxygen atoms in total. The number of thioether (sulfide) groups is 1. The van der Waals surface area contributed by atoms with E-state index in [0.717, 1.165) is 52.1 Å². The molecule has 1 aliphatic carbocycles. The molecular weight excluding hydrogens is 560 g/mol. The third kappa shape index (κ3) is 6.33. The van der Waals surface area contributed by atoms with E-state index in [9.17, 15) is 4.79 Å². The first-order chi connectivity index (χ1) is 18.5. The minimum absolute atomic E-state index is 0.0299. The fourth-order valence-electron chi connectivity index (χ4n) is 4.74. The molecule has 0 N–H and O–H groups in total. The molecule has 2 aliphatic rings. The Morgan fingerprint density at radius 2 is 1.74 bits per heavy atom. The summed E-state index contributed by atoms with van der Waals surface area (Å²) < 4.78 is 12.7. The second-order valence-electron chi connectivity index (χ2n) is 9.63. The summed E-state index contributed by atoms with van der Waals surface area (Å²) in [6.45, 7) is 2.50. The van der Waals surface area contributed by atoms with Gasteiger partial charge in [0.2, 0.25) is 0 Å². The van der Waals surface area contributed by atoms with Crippen molar-refractivity contribution >= 4 is 50.5 Å². The number of hydrogen-bond acceptors (Lipinski definition) is 5. The van der Waals surface area contributed by atoms with Crippen molar-refractivity contribution in [3.05, 3.63) is 92.8 Å². The number of aryl methyl sites for hydroxylation is 1. The molecule has 0 aromatic heterocycles. The van der Waals surface area contributed by atoms with Gasteiger partial charge in [0.15, 0.2) is 16.7 Å². The van der Waals surface area contributed by atoms with Crippen LogP contribution in [0.1, 0.15) is 48.8 Å². The summed E-state index contributed by atoms with van der Waals surface area (Å²) in [5.41, 5.74) is 4.00. The summed E-state index contributed by atoms with van der Waals surface area (Å²) in [6, 6.07) is 22.1. The van der Waals surface area contributed by atoms with Gasteiger partial charge >= 0.3 is 0 Å². The summed E-state index contributed by atoms with van der Waals surface area (Å²) in [5.74, 6) is 1.32. The van der Waals surface area contributed by atoms with Crippen molar-refractivity contribution in [3.8, 4) is 11.5 Å². The number of rotatable bonds is 7. The monoisotopic (exact) mass is 590 g/mol. The Labute approximate surface area is 237 Å². The van der Waals surface area contributed by atoms with E-state index in [1.807, 2.05) is 65.6 Å². The van der Waals surface area contributed by atoms with Crippen LogP contribution in [-0.2, 0) is 11.4 Å². The molecule has 5 rings (SSSR count). The van der Waals surface area contributed by atoms with Gasteiger partial charge in [-0.1, -0.05) is 71.1 Å². The van der Waals surface area contributed by atoms with Gasteiger partial charge in [-0.25, -0.2) is 4.99 Å². The van der Waals surface area contributed by atoms with Crippen LogP contribution in [0.5, 0.6) is 11.5 Å². The molecule has 3 aromatic carbocycles. The van der Waals surface area contributed by atoms with Crippen LogP contribution in [0.3, 0.4) is 0 Å². The Hall–Kier alpha value is -3.03. The highest BCUT2D eigenvalue weighted by Gasteiger charge is 2.38. The molecule has 1 saturated carbocycles. The van der Waals surface area contributed by atoms with Crippen molar-refractivity contribution in [2.45, 2.75) is 51.7 Å². The van der Waals surface area contributed by atoms with Crippen molar-refractivity contribution in [1.29, 1.82) is 0 Å². The first-order valence-corrected chi connectivity index (χ1v) is 14.5. The number of nitrogens with zero attached hydrogens (tertiary/aromatic N) is 2. The maximum atomic E-state index is 13.7. The number of hydrogen-bond donors (Lipinski definition) is 0. The third-order valence-corrected chi connectivity index (χ3v) is 8.34. The van der Waals surface area contributed by atoms with Gasteiger partial charge in [-0.15, -0.1) is 0 Å². The second-order valence-corrected chi connectivity index (χ2v) is 11.6. The lowest BCUT2D eigenvalue weighted by molar-refractivity contribution is -0.124. The third-order valence-electron chi connectivity index (χ3n) is 6.83. The maximum absolute atomic E-state index is 13.7. The molecule has 2 fully saturated rings. The van der Waals surface area contributed by atoms with Gasteiger partial charge < -0.3 is 9.47 Å². The zero-order chi connectivity index (χ0) is 26.5. The van der Waals surface area contributed by atoms with E-state index in [1.165, 1.54) is 23.7 Å². The Kier molecular flexibility index (Phi) is 8.55. The van der Waals surface area contributed by atoms with Crippen molar-refractivity contribution in [1.82, 2.24) is 4.90 Å². The van der Waals surface area contributed by atoms with Crippen LogP contribution < -0.4 is 9.47 Å². The Bertz CT molecular complexity index is 1350. The molecule has 7 heteroatoms. The normalized spacial score (nSPS) is 18.4. The van der Waals surface area contributed by atoms with Gasteiger partial charge in [0.25, 0.3) is 5.91 Å². The van der Waals surface area contributed by atoms with E-state index in [0.29, 0.717) is 23.0 Å². The number of amides is 1. The molecule has 0 bridgehead atoms. The molecule has 0 atom stereocenters. The quantitative estimate of drug-likeness (QED) is 0.260. The van der Waals surface area contributed by atoms with Gasteiger partial charge in [-0.05, 0) is 85.1 Å². The Balaban J connectivity index is 1.39. The van der Waals surface area contributed by atoms with Crippen LogP contribution >= 0.6 is 27.7 Å². The SMILES string of the molecule is COc1cc(/C=C2/SC(=Nc3ccc(C)cc3)N(C3CCCCC3)C2=O)ccc1OCc1ccc(Br)cc1. The van der Waals surface area contributed by atoms with Gasteiger partial charge in [0.05, 0.1) is 17.7 Å². The number of carbonyl (C=O) groups is 1. The number of methoxy groups -OCH3 is 1. The summed E-state index contributed by atoms with van der Waals surface area (Å²) in [7, 11) is 1.63. The fourth-order valence-corrected chi connectivity index (χ4v) is 6.07. The maximum Gasteiger partial charge on any atom is 0.267 e. The van der Waals surface area contributed by atoms with E-state index >= 15 is 0 Å². The number of aliphatic imine (C=N–C) groups is 1. The molecule has 38 heavy (non-hydrogen) atoms. The number of ether oxygens (including phenoxy) is 2. The zero-order valence-electron chi connectivity index (χ0n) is 21.7. The number of halogens is 1. The first kappa shape index (κ1) is 26.6. The van der Waals surface area contributed by atoms with Gasteiger partial charge in [0, 0.05) is 10.5 Å². The number of benzene rings is 3. The minimum Gasteiger partial charge on any atom is -0.493 e. The Morgan fingerprint density at radius 1 is 1.00 bits per heavy atom. The molecule has 196 valence electrons. The van der Waals surface area contributed by atoms with Crippen LogP contribution in [0.4, 0.5) is 5.69 Å². The highest BCUT2D eigenvalue weighted by Crippen LogP contribution is 2.39. The van der Waals surface area contributed by atoms with E-state index in [2.05, 4.69) is 35.0 Å². The Morgan fingerprint density at radius 3 is 2.45 bits per heavy atom. The summed E-state index contributed by atoms with van der Waals surface area (Å²) in [6.07, 6.45) is 7.50. The molecule has 1 amide bonds. The molecule has 1 saturated heterocycles. The average molecular weight is 592 g/mol. The van der Waals surface area contributed by atoms with Crippen LogP contribution in [0, 0.1) is 6.92 Å².